The van der Waals surface area contributed by atoms with Crippen LogP contribution in [-0.4, -0.2) is 13.1 Å². The van der Waals surface area contributed by atoms with Gasteiger partial charge in [0.25, 0.3) is 0 Å². The lowest BCUT2D eigenvalue weighted by Crippen LogP contribution is -2.23. The van der Waals surface area contributed by atoms with Crippen LogP contribution in [0.3, 0.4) is 0 Å². The van der Waals surface area contributed by atoms with Crippen molar-refractivity contribution in [2.45, 2.75) is 25.4 Å². The van der Waals surface area contributed by atoms with Crippen molar-refractivity contribution in [3.05, 3.63) is 35.4 Å². The van der Waals surface area contributed by atoms with Crippen LogP contribution >= 0.6 is 0 Å². The van der Waals surface area contributed by atoms with Crippen molar-refractivity contribution in [3.63, 3.8) is 0 Å². The van der Waals surface area contributed by atoms with Gasteiger partial charge in [-0.15, -0.1) is 0 Å². The molecule has 2 heteroatoms. The van der Waals surface area contributed by atoms with Gasteiger partial charge in [-0.05, 0) is 30.5 Å². The molecule has 1 aromatic rings. The van der Waals surface area contributed by atoms with Crippen molar-refractivity contribution in [1.82, 2.24) is 5.32 Å². The number of hydrogen-bond acceptors (Lipinski definition) is 1. The highest BCUT2D eigenvalue weighted by molar-refractivity contribution is 5.28. The average molecular weight is 193 g/mol. The highest BCUT2D eigenvalue weighted by atomic mass is 19.1. The summed E-state index contributed by atoms with van der Waals surface area (Å²) in [6, 6.07) is 7.89. The molecule has 0 bridgehead atoms. The number of alkyl halides is 1. The molecule has 2 rings (SSSR count). The molecule has 1 nitrogen and oxygen atoms in total. The Kier molecular flexibility index (Phi) is 2.55. The molecule has 0 saturated carbocycles. The van der Waals surface area contributed by atoms with Crippen molar-refractivity contribution < 1.29 is 4.39 Å². The van der Waals surface area contributed by atoms with E-state index in [2.05, 4.69) is 12.2 Å². The zero-order chi connectivity index (χ0) is 10.0. The van der Waals surface area contributed by atoms with Gasteiger partial charge in [-0.1, -0.05) is 31.2 Å². The number of hydrogen-bond donors (Lipinski definition) is 1. The molecular formula is C12H16FN. The fourth-order valence-corrected chi connectivity index (χ4v) is 1.95. The van der Waals surface area contributed by atoms with Gasteiger partial charge in [-0.3, -0.25) is 0 Å². The quantitative estimate of drug-likeness (QED) is 0.760. The Morgan fingerprint density at radius 2 is 2.07 bits per heavy atom. The van der Waals surface area contributed by atoms with E-state index in [1.54, 1.807) is 0 Å². The van der Waals surface area contributed by atoms with Gasteiger partial charge in [-0.25, -0.2) is 4.39 Å². The molecule has 0 aromatic heterocycles. The summed E-state index contributed by atoms with van der Waals surface area (Å²) in [5, 5.41) is 3.06. The Hall–Kier alpha value is -0.890. The molecule has 1 heterocycles. The fraction of sp³-hybridized carbons (Fsp3) is 0.500. The van der Waals surface area contributed by atoms with Crippen molar-refractivity contribution in [2.24, 2.45) is 0 Å². The van der Waals surface area contributed by atoms with Gasteiger partial charge in [0.15, 0.2) is 0 Å². The summed E-state index contributed by atoms with van der Waals surface area (Å²) in [6.07, 6.45) is 1.61. The van der Waals surface area contributed by atoms with Gasteiger partial charge >= 0.3 is 0 Å². The van der Waals surface area contributed by atoms with Crippen LogP contribution < -0.4 is 5.32 Å². The van der Waals surface area contributed by atoms with E-state index in [9.17, 15) is 4.39 Å². The van der Waals surface area contributed by atoms with Crippen LogP contribution in [0, 0.1) is 0 Å². The molecule has 1 aliphatic heterocycles. The normalized spacial score (nSPS) is 26.7. The van der Waals surface area contributed by atoms with E-state index in [-0.39, 0.29) is 0 Å². The molecule has 1 fully saturated rings. The van der Waals surface area contributed by atoms with E-state index in [1.807, 2.05) is 24.3 Å². The van der Waals surface area contributed by atoms with Gasteiger partial charge in [0, 0.05) is 6.54 Å². The summed E-state index contributed by atoms with van der Waals surface area (Å²) < 4.78 is 14.2. The van der Waals surface area contributed by atoms with Crippen LogP contribution in [0.1, 0.15) is 24.5 Å². The molecule has 1 aromatic carbocycles. The Morgan fingerprint density at radius 3 is 2.57 bits per heavy atom. The first-order valence-electron chi connectivity index (χ1n) is 5.24. The second kappa shape index (κ2) is 3.70. The average Bonchev–Trinajstić information content (AvgIpc) is 2.67. The molecular weight excluding hydrogens is 177 g/mol. The van der Waals surface area contributed by atoms with Crippen LogP contribution in [0.4, 0.5) is 4.39 Å². The Morgan fingerprint density at radius 1 is 1.36 bits per heavy atom. The molecule has 0 amide bonds. The standard InChI is InChI=1S/C12H16FN/c1-2-10-3-5-11(6-4-10)12(13)7-8-14-9-12/h3-6,14H,2,7-9H2,1H3. The first-order chi connectivity index (χ1) is 6.74. The molecule has 1 unspecified atom stereocenters. The fourth-order valence-electron chi connectivity index (χ4n) is 1.95. The number of nitrogens with one attached hydrogen (secondary N) is 1. The third kappa shape index (κ3) is 1.67. The molecule has 14 heavy (non-hydrogen) atoms. The van der Waals surface area contributed by atoms with E-state index in [1.165, 1.54) is 5.56 Å². The van der Waals surface area contributed by atoms with E-state index in [0.717, 1.165) is 18.5 Å². The lowest BCUT2D eigenvalue weighted by atomic mass is 9.94. The van der Waals surface area contributed by atoms with E-state index in [0.29, 0.717) is 13.0 Å². The lowest BCUT2D eigenvalue weighted by molar-refractivity contribution is 0.193. The van der Waals surface area contributed by atoms with Gasteiger partial charge in [0.2, 0.25) is 0 Å². The van der Waals surface area contributed by atoms with Crippen LogP contribution in [-0.2, 0) is 12.1 Å². The summed E-state index contributed by atoms with van der Waals surface area (Å²) in [5.74, 6) is 0. The first kappa shape index (κ1) is 9.66. The number of aryl methyl sites for hydroxylation is 1. The van der Waals surface area contributed by atoms with Crippen molar-refractivity contribution in [2.75, 3.05) is 13.1 Å². The SMILES string of the molecule is CCc1ccc(C2(F)CCNC2)cc1. The Bertz CT molecular complexity index is 299. The zero-order valence-corrected chi connectivity index (χ0v) is 8.52. The number of rotatable bonds is 2. The van der Waals surface area contributed by atoms with Crippen LogP contribution in [0.2, 0.25) is 0 Å². The summed E-state index contributed by atoms with van der Waals surface area (Å²) >= 11 is 0. The Balaban J connectivity index is 2.23. The smallest absolute Gasteiger partial charge is 0.149 e. The van der Waals surface area contributed by atoms with Crippen LogP contribution in [0.15, 0.2) is 24.3 Å². The maximum Gasteiger partial charge on any atom is 0.149 e. The molecule has 0 radical (unpaired) electrons. The van der Waals surface area contributed by atoms with Gasteiger partial charge < -0.3 is 5.32 Å². The maximum absolute atomic E-state index is 14.2. The molecule has 0 spiro atoms. The minimum Gasteiger partial charge on any atom is -0.313 e. The topological polar surface area (TPSA) is 12.0 Å². The summed E-state index contributed by atoms with van der Waals surface area (Å²) in [5.41, 5.74) is 0.953. The molecule has 1 N–H and O–H groups in total. The van der Waals surface area contributed by atoms with Gasteiger partial charge in [0.05, 0.1) is 0 Å². The van der Waals surface area contributed by atoms with Gasteiger partial charge in [-0.2, -0.15) is 0 Å². The Labute approximate surface area is 84.3 Å². The summed E-state index contributed by atoms with van der Waals surface area (Å²) in [4.78, 5) is 0. The molecule has 0 aliphatic carbocycles. The summed E-state index contributed by atoms with van der Waals surface area (Å²) in [7, 11) is 0. The first-order valence-corrected chi connectivity index (χ1v) is 5.24. The largest absolute Gasteiger partial charge is 0.313 e. The summed E-state index contributed by atoms with van der Waals surface area (Å²) in [6.45, 7) is 3.35. The molecule has 76 valence electrons. The van der Waals surface area contributed by atoms with E-state index in [4.69, 9.17) is 0 Å². The van der Waals surface area contributed by atoms with E-state index >= 15 is 0 Å². The van der Waals surface area contributed by atoms with Crippen LogP contribution in [0.25, 0.3) is 0 Å². The predicted molar refractivity (Wildman–Crippen MR) is 56.1 cm³/mol. The third-order valence-electron chi connectivity index (χ3n) is 2.98. The van der Waals surface area contributed by atoms with Crippen molar-refractivity contribution >= 4 is 0 Å². The van der Waals surface area contributed by atoms with Crippen molar-refractivity contribution in [1.29, 1.82) is 0 Å². The van der Waals surface area contributed by atoms with Gasteiger partial charge in [0.1, 0.15) is 5.67 Å². The second-order valence-corrected chi connectivity index (χ2v) is 3.94. The number of benzene rings is 1. The third-order valence-corrected chi connectivity index (χ3v) is 2.98. The monoisotopic (exact) mass is 193 g/mol. The zero-order valence-electron chi connectivity index (χ0n) is 8.52. The lowest BCUT2D eigenvalue weighted by Gasteiger charge is -2.18. The highest BCUT2D eigenvalue weighted by Gasteiger charge is 2.35. The molecule has 1 aliphatic rings. The predicted octanol–water partition coefficient (Wildman–Crippen LogP) is 2.41. The minimum absolute atomic E-state index is 0.457. The second-order valence-electron chi connectivity index (χ2n) is 3.94. The molecule has 1 atom stereocenters. The van der Waals surface area contributed by atoms with Crippen LogP contribution in [0.5, 0.6) is 0 Å². The number of halogens is 1. The maximum atomic E-state index is 14.2. The van der Waals surface area contributed by atoms with Crippen molar-refractivity contribution in [3.8, 4) is 0 Å². The highest BCUT2D eigenvalue weighted by Crippen LogP contribution is 2.32. The van der Waals surface area contributed by atoms with E-state index < -0.39 is 5.67 Å². The minimum atomic E-state index is -1.13. The molecule has 1 saturated heterocycles.